The van der Waals surface area contributed by atoms with Gasteiger partial charge in [0.25, 0.3) is 5.91 Å². The molecule has 8 nitrogen and oxygen atoms in total. The first-order valence-corrected chi connectivity index (χ1v) is 8.46. The summed E-state index contributed by atoms with van der Waals surface area (Å²) in [6, 6.07) is 0.0104. The van der Waals surface area contributed by atoms with Gasteiger partial charge in [-0.15, -0.1) is 0 Å². The zero-order chi connectivity index (χ0) is 21.2. The molecule has 1 aromatic carbocycles. The number of ether oxygens (including phenoxy) is 1. The predicted octanol–water partition coefficient (Wildman–Crippen LogP) is 1.10. The van der Waals surface area contributed by atoms with Gasteiger partial charge in [-0.05, 0) is 29.6 Å². The smallest absolute Gasteiger partial charge is 0.391 e. The molecule has 2 heterocycles. The minimum absolute atomic E-state index is 0.0344. The third-order valence-corrected chi connectivity index (χ3v) is 4.18. The molecule has 29 heavy (non-hydrogen) atoms. The molecule has 1 amide bonds. The number of hydrogen-bond acceptors (Lipinski definition) is 7. The summed E-state index contributed by atoms with van der Waals surface area (Å²) in [6.45, 7) is 1.19. The number of halogens is 3. The van der Waals surface area contributed by atoms with Crippen LogP contribution in [0.3, 0.4) is 0 Å². The number of carbonyl (C=O) groups is 1. The number of carbonyl (C=O) groups excluding carboxylic acids is 1. The number of nitrogens with one attached hydrogen (secondary N) is 1. The Morgan fingerprint density at radius 1 is 1.41 bits per heavy atom. The molecule has 1 unspecified atom stereocenters. The molecule has 0 aliphatic carbocycles. The normalized spacial score (nSPS) is 14.1. The Morgan fingerprint density at radius 3 is 2.79 bits per heavy atom. The van der Waals surface area contributed by atoms with Crippen LogP contribution in [0.25, 0.3) is 0 Å². The largest absolute Gasteiger partial charge is 0.504 e. The van der Waals surface area contributed by atoms with Crippen molar-refractivity contribution in [3.8, 4) is 17.4 Å². The van der Waals surface area contributed by atoms with E-state index in [9.17, 15) is 23.1 Å². The number of aromatic nitrogens is 2. The molecule has 1 aromatic heterocycles. The molecule has 0 spiro atoms. The van der Waals surface area contributed by atoms with Gasteiger partial charge in [0.05, 0.1) is 38.1 Å². The van der Waals surface area contributed by atoms with Gasteiger partial charge < -0.3 is 24.9 Å². The van der Waals surface area contributed by atoms with Gasteiger partial charge in [-0.1, -0.05) is 0 Å². The highest BCUT2D eigenvalue weighted by atomic mass is 19.4. The first-order chi connectivity index (χ1) is 13.7. The van der Waals surface area contributed by atoms with E-state index in [-0.39, 0.29) is 23.1 Å². The SMILES string of the molecule is Cc1c2c(cc(O)c1Oc1cnc(C(=O)NC(CO)CC(F)(F)F)cn1)CO[B]2. The van der Waals surface area contributed by atoms with Gasteiger partial charge >= 0.3 is 13.7 Å². The van der Waals surface area contributed by atoms with Gasteiger partial charge in [-0.3, -0.25) is 4.79 Å². The standard InChI is InChI=1S/C17H16BF3N3O5/c1-8-14-9(7-28-18-14)2-12(26)15(8)29-13-5-22-11(4-23-13)16(27)24-10(6-25)3-17(19,20)21/h2,4-5,10,25-26H,3,6-7H2,1H3,(H,24,27). The molecule has 3 rings (SSSR count). The Balaban J connectivity index is 1.70. The molecule has 0 bridgehead atoms. The van der Waals surface area contributed by atoms with Crippen LogP contribution in [0.15, 0.2) is 18.5 Å². The molecule has 1 atom stereocenters. The Bertz CT molecular complexity index is 909. The number of nitrogens with zero attached hydrogens (tertiary/aromatic N) is 2. The molecule has 1 radical (unpaired) electrons. The lowest BCUT2D eigenvalue weighted by Gasteiger charge is -2.17. The van der Waals surface area contributed by atoms with Gasteiger partial charge in [0.15, 0.2) is 11.5 Å². The lowest BCUT2D eigenvalue weighted by atomic mass is 9.83. The van der Waals surface area contributed by atoms with E-state index in [4.69, 9.17) is 14.5 Å². The lowest BCUT2D eigenvalue weighted by molar-refractivity contribution is -0.141. The van der Waals surface area contributed by atoms with Crippen molar-refractivity contribution >= 4 is 18.9 Å². The second-order valence-corrected chi connectivity index (χ2v) is 6.37. The second-order valence-electron chi connectivity index (χ2n) is 6.37. The van der Waals surface area contributed by atoms with Crippen LogP contribution in [-0.2, 0) is 11.3 Å². The van der Waals surface area contributed by atoms with Crippen molar-refractivity contribution in [2.24, 2.45) is 0 Å². The number of aromatic hydroxyl groups is 1. The summed E-state index contributed by atoms with van der Waals surface area (Å²) < 4.78 is 48.0. The van der Waals surface area contributed by atoms with Crippen molar-refractivity contribution in [1.82, 2.24) is 15.3 Å². The minimum Gasteiger partial charge on any atom is -0.504 e. The van der Waals surface area contributed by atoms with Crippen LogP contribution in [0, 0.1) is 6.92 Å². The maximum atomic E-state index is 12.4. The number of hydrogen-bond donors (Lipinski definition) is 3. The number of fused-ring (bicyclic) bond motifs is 1. The highest BCUT2D eigenvalue weighted by Crippen LogP contribution is 2.34. The van der Waals surface area contributed by atoms with E-state index in [1.54, 1.807) is 14.4 Å². The highest BCUT2D eigenvalue weighted by Gasteiger charge is 2.32. The summed E-state index contributed by atoms with van der Waals surface area (Å²) in [5.41, 5.74) is 1.96. The van der Waals surface area contributed by atoms with E-state index in [0.717, 1.165) is 23.4 Å². The molecule has 1 aliphatic rings. The van der Waals surface area contributed by atoms with Crippen LogP contribution >= 0.6 is 0 Å². The fourth-order valence-corrected chi connectivity index (χ4v) is 2.78. The Morgan fingerprint density at radius 2 is 2.17 bits per heavy atom. The molecular weight excluding hydrogens is 394 g/mol. The van der Waals surface area contributed by atoms with Gasteiger partial charge in [0, 0.05) is 0 Å². The molecule has 0 fully saturated rings. The van der Waals surface area contributed by atoms with E-state index < -0.39 is 31.2 Å². The topological polar surface area (TPSA) is 114 Å². The number of amides is 1. The number of phenols is 1. The van der Waals surface area contributed by atoms with E-state index in [0.29, 0.717) is 12.2 Å². The first kappa shape index (κ1) is 20.9. The molecule has 1 aliphatic heterocycles. The van der Waals surface area contributed by atoms with Gasteiger partial charge in [0.2, 0.25) is 5.88 Å². The Labute approximate surface area is 164 Å². The third-order valence-electron chi connectivity index (χ3n) is 4.18. The second kappa shape index (κ2) is 8.25. The molecule has 12 heteroatoms. The number of alkyl halides is 3. The maximum absolute atomic E-state index is 12.4. The van der Waals surface area contributed by atoms with E-state index in [1.807, 2.05) is 5.32 Å². The van der Waals surface area contributed by atoms with Crippen LogP contribution in [0.1, 0.15) is 28.0 Å². The number of rotatable bonds is 6. The third kappa shape index (κ3) is 4.95. The van der Waals surface area contributed by atoms with Crippen molar-refractivity contribution in [3.05, 3.63) is 35.3 Å². The average Bonchev–Trinajstić information content (AvgIpc) is 3.12. The van der Waals surface area contributed by atoms with Crippen molar-refractivity contribution in [2.45, 2.75) is 32.2 Å². The van der Waals surface area contributed by atoms with Crippen molar-refractivity contribution in [1.29, 1.82) is 0 Å². The monoisotopic (exact) mass is 410 g/mol. The number of aliphatic hydroxyl groups excluding tert-OH is 1. The van der Waals surface area contributed by atoms with Crippen molar-refractivity contribution in [3.63, 3.8) is 0 Å². The van der Waals surface area contributed by atoms with E-state index in [1.165, 1.54) is 6.07 Å². The van der Waals surface area contributed by atoms with Crippen LogP contribution in [0.5, 0.6) is 17.4 Å². The summed E-state index contributed by atoms with van der Waals surface area (Å²) in [4.78, 5) is 19.7. The van der Waals surface area contributed by atoms with Gasteiger partial charge in [-0.25, -0.2) is 9.97 Å². The van der Waals surface area contributed by atoms with Crippen molar-refractivity contribution < 1.29 is 37.6 Å². The van der Waals surface area contributed by atoms with Gasteiger partial charge in [0.1, 0.15) is 5.69 Å². The number of aliphatic hydroxyl groups is 1. The van der Waals surface area contributed by atoms with Gasteiger partial charge in [-0.2, -0.15) is 13.2 Å². The number of phenolic OH excluding ortho intramolecular Hbond substituents is 1. The summed E-state index contributed by atoms with van der Waals surface area (Å²) in [5.74, 6) is -0.937. The summed E-state index contributed by atoms with van der Waals surface area (Å²) in [7, 11) is 1.55. The highest BCUT2D eigenvalue weighted by molar-refractivity contribution is 6.49. The lowest BCUT2D eigenvalue weighted by Crippen LogP contribution is -2.40. The van der Waals surface area contributed by atoms with E-state index in [2.05, 4.69) is 9.97 Å². The van der Waals surface area contributed by atoms with Crippen molar-refractivity contribution in [2.75, 3.05) is 6.61 Å². The molecule has 2 aromatic rings. The summed E-state index contributed by atoms with van der Waals surface area (Å²) in [5, 5.41) is 21.2. The molecular formula is C17H16BF3N3O5. The van der Waals surface area contributed by atoms with Crippen LogP contribution < -0.4 is 15.5 Å². The molecule has 153 valence electrons. The molecule has 0 saturated heterocycles. The quantitative estimate of drug-likeness (QED) is 0.612. The molecule has 3 N–H and O–H groups in total. The Kier molecular flexibility index (Phi) is 5.94. The predicted molar refractivity (Wildman–Crippen MR) is 94.1 cm³/mol. The minimum atomic E-state index is -4.54. The first-order valence-electron chi connectivity index (χ1n) is 8.46. The Hall–Kier alpha value is -2.86. The van der Waals surface area contributed by atoms with Crippen LogP contribution in [0.2, 0.25) is 0 Å². The average molecular weight is 410 g/mol. The fraction of sp³-hybridized carbons (Fsp3) is 0.353. The van der Waals surface area contributed by atoms with E-state index >= 15 is 0 Å². The molecule has 0 saturated carbocycles. The summed E-state index contributed by atoms with van der Waals surface area (Å²) >= 11 is 0. The zero-order valence-corrected chi connectivity index (χ0v) is 15.2. The zero-order valence-electron chi connectivity index (χ0n) is 15.2. The number of benzene rings is 1. The fourth-order valence-electron chi connectivity index (χ4n) is 2.78. The van der Waals surface area contributed by atoms with Crippen LogP contribution in [-0.4, -0.2) is 52.4 Å². The van der Waals surface area contributed by atoms with Crippen LogP contribution in [0.4, 0.5) is 13.2 Å². The summed E-state index contributed by atoms with van der Waals surface area (Å²) in [6.07, 6.45) is -3.80. The maximum Gasteiger partial charge on any atom is 0.391 e.